The van der Waals surface area contributed by atoms with Crippen LogP contribution in [0.25, 0.3) is 10.2 Å². The molecule has 0 saturated heterocycles. The molecule has 30 heavy (non-hydrogen) atoms. The standard InChI is InChI=1S/C21H18N4O4S/c1-12-13(2)30-20-18(12)19(22-11-23-20)25-24-10-14-6-7-15(17(9-14)27-3)29-21(26)16-5-4-8-28-16/h4-11H,1-3H3,(H,22,23,25). The Morgan fingerprint density at radius 1 is 1.23 bits per heavy atom. The molecule has 0 unspecified atom stereocenters. The van der Waals surface area contributed by atoms with E-state index < -0.39 is 5.97 Å². The monoisotopic (exact) mass is 422 g/mol. The number of aromatic nitrogens is 2. The van der Waals surface area contributed by atoms with E-state index in [2.05, 4.69) is 27.4 Å². The number of benzene rings is 1. The number of hydrazone groups is 1. The van der Waals surface area contributed by atoms with Crippen molar-refractivity contribution >= 4 is 39.6 Å². The molecular weight excluding hydrogens is 404 g/mol. The van der Waals surface area contributed by atoms with Crippen LogP contribution in [-0.2, 0) is 0 Å². The molecule has 0 radical (unpaired) electrons. The van der Waals surface area contributed by atoms with Crippen LogP contribution in [0.5, 0.6) is 11.5 Å². The van der Waals surface area contributed by atoms with E-state index in [0.717, 1.165) is 21.3 Å². The van der Waals surface area contributed by atoms with Gasteiger partial charge in [0.1, 0.15) is 11.2 Å². The van der Waals surface area contributed by atoms with Crippen molar-refractivity contribution in [3.8, 4) is 11.5 Å². The molecule has 0 spiro atoms. The van der Waals surface area contributed by atoms with E-state index in [1.54, 1.807) is 41.8 Å². The van der Waals surface area contributed by atoms with Gasteiger partial charge in [0, 0.05) is 4.88 Å². The van der Waals surface area contributed by atoms with Gasteiger partial charge in [0.15, 0.2) is 17.3 Å². The molecule has 1 aromatic carbocycles. The van der Waals surface area contributed by atoms with E-state index >= 15 is 0 Å². The number of carbonyl (C=O) groups is 1. The van der Waals surface area contributed by atoms with E-state index in [0.29, 0.717) is 11.6 Å². The number of carbonyl (C=O) groups excluding carboxylic acids is 1. The molecule has 0 saturated carbocycles. The molecule has 0 amide bonds. The second-order valence-electron chi connectivity index (χ2n) is 6.33. The summed E-state index contributed by atoms with van der Waals surface area (Å²) < 4.78 is 15.7. The number of thiophene rings is 1. The summed E-state index contributed by atoms with van der Waals surface area (Å²) in [5, 5.41) is 5.25. The highest BCUT2D eigenvalue weighted by molar-refractivity contribution is 7.18. The molecule has 3 heterocycles. The molecule has 1 N–H and O–H groups in total. The molecule has 0 fully saturated rings. The lowest BCUT2D eigenvalue weighted by Crippen LogP contribution is -2.08. The zero-order valence-electron chi connectivity index (χ0n) is 16.5. The van der Waals surface area contributed by atoms with Gasteiger partial charge in [-0.05, 0) is 55.3 Å². The van der Waals surface area contributed by atoms with Gasteiger partial charge in [-0.25, -0.2) is 14.8 Å². The molecule has 4 aromatic rings. The molecule has 0 aliphatic carbocycles. The Balaban J connectivity index is 1.51. The van der Waals surface area contributed by atoms with Crippen molar-refractivity contribution in [3.05, 3.63) is 64.7 Å². The van der Waals surface area contributed by atoms with Gasteiger partial charge in [0.2, 0.25) is 5.76 Å². The first kappa shape index (κ1) is 19.6. The minimum absolute atomic E-state index is 0.113. The van der Waals surface area contributed by atoms with Crippen LogP contribution in [0.3, 0.4) is 0 Å². The molecular formula is C21H18N4O4S. The van der Waals surface area contributed by atoms with Crippen LogP contribution in [0.2, 0.25) is 0 Å². The number of hydrogen-bond donors (Lipinski definition) is 1. The smallest absolute Gasteiger partial charge is 0.379 e. The molecule has 152 valence electrons. The molecule has 4 rings (SSSR count). The van der Waals surface area contributed by atoms with Crippen molar-refractivity contribution in [2.24, 2.45) is 5.10 Å². The van der Waals surface area contributed by atoms with Crippen LogP contribution in [-0.4, -0.2) is 29.3 Å². The second kappa shape index (κ2) is 8.34. The summed E-state index contributed by atoms with van der Waals surface area (Å²) in [7, 11) is 1.50. The predicted molar refractivity (Wildman–Crippen MR) is 115 cm³/mol. The number of nitrogens with zero attached hydrogens (tertiary/aromatic N) is 3. The predicted octanol–water partition coefficient (Wildman–Crippen LogP) is 4.57. The number of methoxy groups -OCH3 is 1. The summed E-state index contributed by atoms with van der Waals surface area (Å²) in [6.45, 7) is 4.10. The van der Waals surface area contributed by atoms with E-state index in [9.17, 15) is 4.79 Å². The third kappa shape index (κ3) is 3.87. The molecule has 0 bridgehead atoms. The van der Waals surface area contributed by atoms with Crippen LogP contribution in [0, 0.1) is 13.8 Å². The summed E-state index contributed by atoms with van der Waals surface area (Å²) in [5.41, 5.74) is 4.87. The minimum Gasteiger partial charge on any atom is -0.493 e. The summed E-state index contributed by atoms with van der Waals surface area (Å²) in [4.78, 5) is 22.8. The highest BCUT2D eigenvalue weighted by atomic mass is 32.1. The van der Waals surface area contributed by atoms with Gasteiger partial charge in [-0.3, -0.25) is 5.43 Å². The van der Waals surface area contributed by atoms with Gasteiger partial charge in [0.25, 0.3) is 0 Å². The molecule has 0 atom stereocenters. The maximum atomic E-state index is 12.1. The highest BCUT2D eigenvalue weighted by Gasteiger charge is 2.15. The highest BCUT2D eigenvalue weighted by Crippen LogP contribution is 2.32. The van der Waals surface area contributed by atoms with Gasteiger partial charge < -0.3 is 13.9 Å². The van der Waals surface area contributed by atoms with Crippen molar-refractivity contribution in [1.82, 2.24) is 9.97 Å². The fraction of sp³-hybridized carbons (Fsp3) is 0.143. The lowest BCUT2D eigenvalue weighted by atomic mass is 10.2. The van der Waals surface area contributed by atoms with Crippen molar-refractivity contribution in [1.29, 1.82) is 0 Å². The molecule has 0 aliphatic rings. The molecule has 0 aliphatic heterocycles. The third-order valence-electron chi connectivity index (χ3n) is 4.46. The quantitative estimate of drug-likeness (QED) is 0.210. The number of nitrogens with one attached hydrogen (secondary N) is 1. The average Bonchev–Trinajstić information content (AvgIpc) is 3.38. The average molecular weight is 422 g/mol. The largest absolute Gasteiger partial charge is 0.493 e. The fourth-order valence-electron chi connectivity index (χ4n) is 2.83. The third-order valence-corrected chi connectivity index (χ3v) is 5.58. The van der Waals surface area contributed by atoms with Crippen molar-refractivity contribution in [2.45, 2.75) is 13.8 Å². The lowest BCUT2D eigenvalue weighted by Gasteiger charge is -2.09. The Kier molecular flexibility index (Phi) is 5.44. The van der Waals surface area contributed by atoms with Crippen LogP contribution in [0.15, 0.2) is 52.4 Å². The first-order valence-corrected chi connectivity index (χ1v) is 9.82. The number of ether oxygens (including phenoxy) is 2. The number of hydrogen-bond acceptors (Lipinski definition) is 9. The maximum Gasteiger partial charge on any atom is 0.379 e. The Bertz CT molecular complexity index is 1230. The summed E-state index contributed by atoms with van der Waals surface area (Å²) >= 11 is 1.63. The van der Waals surface area contributed by atoms with Gasteiger partial charge in [-0.2, -0.15) is 5.10 Å². The number of rotatable bonds is 6. The number of aryl methyl sites for hydroxylation is 2. The normalized spacial score (nSPS) is 11.2. The van der Waals surface area contributed by atoms with Gasteiger partial charge in [-0.1, -0.05) is 0 Å². The second-order valence-corrected chi connectivity index (χ2v) is 7.54. The summed E-state index contributed by atoms with van der Waals surface area (Å²) in [6.07, 6.45) is 4.55. The zero-order valence-corrected chi connectivity index (χ0v) is 17.3. The number of fused-ring (bicyclic) bond motifs is 1. The van der Waals surface area contributed by atoms with E-state index in [4.69, 9.17) is 13.9 Å². The Morgan fingerprint density at radius 3 is 2.87 bits per heavy atom. The number of esters is 1. The first-order valence-electron chi connectivity index (χ1n) is 9.00. The molecule has 3 aromatic heterocycles. The summed E-state index contributed by atoms with van der Waals surface area (Å²) in [6, 6.07) is 8.25. The number of furan rings is 1. The minimum atomic E-state index is -0.601. The van der Waals surface area contributed by atoms with Crippen molar-refractivity contribution in [3.63, 3.8) is 0 Å². The maximum absolute atomic E-state index is 12.1. The van der Waals surface area contributed by atoms with E-state index in [-0.39, 0.29) is 11.5 Å². The van der Waals surface area contributed by atoms with Gasteiger partial charge in [-0.15, -0.1) is 11.3 Å². The lowest BCUT2D eigenvalue weighted by molar-refractivity contribution is 0.0696. The van der Waals surface area contributed by atoms with Crippen LogP contribution in [0.1, 0.15) is 26.6 Å². The zero-order chi connectivity index (χ0) is 21.1. The van der Waals surface area contributed by atoms with Gasteiger partial charge >= 0.3 is 5.97 Å². The first-order chi connectivity index (χ1) is 14.6. The Labute approximate surface area is 176 Å². The molecule has 9 heteroatoms. The fourth-order valence-corrected chi connectivity index (χ4v) is 3.83. The van der Waals surface area contributed by atoms with Gasteiger partial charge in [0.05, 0.1) is 25.0 Å². The Hall–Kier alpha value is -3.72. The van der Waals surface area contributed by atoms with Crippen LogP contribution < -0.4 is 14.9 Å². The van der Waals surface area contributed by atoms with E-state index in [1.165, 1.54) is 30.6 Å². The molecule has 8 nitrogen and oxygen atoms in total. The number of anilines is 1. The topological polar surface area (TPSA) is 98.8 Å². The summed E-state index contributed by atoms with van der Waals surface area (Å²) in [5.74, 6) is 0.838. The SMILES string of the molecule is COc1cc(C=NNc2ncnc3sc(C)c(C)c23)ccc1OC(=O)c1ccco1. The van der Waals surface area contributed by atoms with Crippen LogP contribution >= 0.6 is 11.3 Å². The van der Waals surface area contributed by atoms with Crippen molar-refractivity contribution in [2.75, 3.05) is 12.5 Å². The van der Waals surface area contributed by atoms with Crippen molar-refractivity contribution < 1.29 is 18.7 Å². The van der Waals surface area contributed by atoms with Crippen LogP contribution in [0.4, 0.5) is 5.82 Å². The Morgan fingerprint density at radius 2 is 2.10 bits per heavy atom. The van der Waals surface area contributed by atoms with E-state index in [1.807, 2.05) is 6.92 Å².